The van der Waals surface area contributed by atoms with Crippen LogP contribution in [0.3, 0.4) is 0 Å². The number of hydrogen-bond donors (Lipinski definition) is 1. The Hall–Kier alpha value is -1.77. The number of nitrogens with zero attached hydrogens (tertiary/aromatic N) is 5. The van der Waals surface area contributed by atoms with E-state index in [2.05, 4.69) is 33.7 Å². The number of carbonyl (C=O) groups excluding carboxylic acids is 1. The number of anilines is 1. The summed E-state index contributed by atoms with van der Waals surface area (Å²) in [7, 11) is 3.72. The van der Waals surface area contributed by atoms with E-state index in [1.807, 2.05) is 4.90 Å². The molecule has 1 aromatic heterocycles. The summed E-state index contributed by atoms with van der Waals surface area (Å²) < 4.78 is 5.13. The van der Waals surface area contributed by atoms with E-state index in [1.165, 1.54) is 0 Å². The Morgan fingerprint density at radius 1 is 1.30 bits per heavy atom. The highest BCUT2D eigenvalue weighted by molar-refractivity contribution is 5.92. The Kier molecular flexibility index (Phi) is 6.29. The van der Waals surface area contributed by atoms with Gasteiger partial charge >= 0.3 is 0 Å². The third kappa shape index (κ3) is 4.56. The topological polar surface area (TPSA) is 82.0 Å². The van der Waals surface area contributed by atoms with E-state index in [1.54, 1.807) is 19.5 Å². The van der Waals surface area contributed by atoms with Crippen LogP contribution in [0.2, 0.25) is 0 Å². The van der Waals surface area contributed by atoms with Crippen molar-refractivity contribution in [2.75, 3.05) is 64.9 Å². The molecule has 2 aliphatic heterocycles. The van der Waals surface area contributed by atoms with Crippen LogP contribution in [-0.4, -0.2) is 96.4 Å². The van der Waals surface area contributed by atoms with Gasteiger partial charge in [0.05, 0.1) is 18.0 Å². The zero-order valence-electron chi connectivity index (χ0n) is 16.6. The predicted octanol–water partition coefficient (Wildman–Crippen LogP) is 0.478. The second-order valence-electron chi connectivity index (χ2n) is 7.80. The van der Waals surface area contributed by atoms with Crippen molar-refractivity contribution in [2.24, 2.45) is 5.92 Å². The Labute approximate surface area is 161 Å². The van der Waals surface area contributed by atoms with Gasteiger partial charge in [-0.25, -0.2) is 4.98 Å². The maximum atomic E-state index is 12.8. The van der Waals surface area contributed by atoms with Gasteiger partial charge in [-0.2, -0.15) is 0 Å². The van der Waals surface area contributed by atoms with Crippen LogP contribution in [-0.2, 0) is 4.74 Å². The number of rotatable bonds is 5. The van der Waals surface area contributed by atoms with Gasteiger partial charge in [0.25, 0.3) is 5.91 Å². The minimum absolute atomic E-state index is 0.0564. The van der Waals surface area contributed by atoms with Crippen molar-refractivity contribution < 1.29 is 14.6 Å². The molecule has 3 rings (SSSR count). The van der Waals surface area contributed by atoms with E-state index in [9.17, 15) is 9.90 Å². The fourth-order valence-electron chi connectivity index (χ4n) is 3.81. The van der Waals surface area contributed by atoms with Crippen LogP contribution in [0.5, 0.6) is 0 Å². The number of piperazine rings is 1. The molecule has 8 heteroatoms. The molecule has 0 radical (unpaired) electrons. The number of amides is 1. The van der Waals surface area contributed by atoms with Gasteiger partial charge in [-0.3, -0.25) is 9.78 Å². The van der Waals surface area contributed by atoms with E-state index in [0.29, 0.717) is 57.1 Å². The SMILES string of the molecule is COCC[C@]1(O)CCN(c2cncc(C(=O)N3CCN(C)CC3)n2)C[C@H]1C. The van der Waals surface area contributed by atoms with Gasteiger partial charge in [-0.05, 0) is 19.9 Å². The first-order valence-electron chi connectivity index (χ1n) is 9.69. The van der Waals surface area contributed by atoms with Gasteiger partial charge in [0.2, 0.25) is 0 Å². The molecule has 1 N–H and O–H groups in total. The van der Waals surface area contributed by atoms with Gasteiger partial charge < -0.3 is 24.5 Å². The highest BCUT2D eigenvalue weighted by Crippen LogP contribution is 2.32. The van der Waals surface area contributed by atoms with Crippen molar-refractivity contribution in [2.45, 2.75) is 25.4 Å². The van der Waals surface area contributed by atoms with Crippen LogP contribution in [0.25, 0.3) is 0 Å². The number of ether oxygens (including phenoxy) is 1. The van der Waals surface area contributed by atoms with Crippen molar-refractivity contribution >= 4 is 11.7 Å². The molecule has 0 bridgehead atoms. The fraction of sp³-hybridized carbons (Fsp3) is 0.737. The van der Waals surface area contributed by atoms with Crippen LogP contribution < -0.4 is 4.90 Å². The lowest BCUT2D eigenvalue weighted by Gasteiger charge is -2.43. The van der Waals surface area contributed by atoms with E-state index in [4.69, 9.17) is 4.74 Å². The number of piperidine rings is 1. The second-order valence-corrected chi connectivity index (χ2v) is 7.80. The zero-order chi connectivity index (χ0) is 19.4. The summed E-state index contributed by atoms with van der Waals surface area (Å²) in [4.78, 5) is 27.8. The Bertz CT molecular complexity index is 650. The van der Waals surface area contributed by atoms with Gasteiger partial charge in [0, 0.05) is 58.9 Å². The summed E-state index contributed by atoms with van der Waals surface area (Å²) >= 11 is 0. The van der Waals surface area contributed by atoms with Crippen LogP contribution in [0.15, 0.2) is 12.4 Å². The first-order chi connectivity index (χ1) is 12.9. The van der Waals surface area contributed by atoms with Crippen molar-refractivity contribution in [1.82, 2.24) is 19.8 Å². The minimum atomic E-state index is -0.715. The second kappa shape index (κ2) is 8.50. The summed E-state index contributed by atoms with van der Waals surface area (Å²) in [6, 6.07) is 0. The lowest BCUT2D eigenvalue weighted by molar-refractivity contribution is -0.0489. The number of methoxy groups -OCH3 is 1. The molecule has 1 amide bonds. The number of likely N-dealkylation sites (N-methyl/N-ethyl adjacent to an activating group) is 1. The van der Waals surface area contributed by atoms with Crippen LogP contribution in [0.1, 0.15) is 30.3 Å². The molecular formula is C19H31N5O3. The van der Waals surface area contributed by atoms with Gasteiger partial charge in [0.1, 0.15) is 11.5 Å². The lowest BCUT2D eigenvalue weighted by atomic mass is 9.80. The number of aromatic nitrogens is 2. The zero-order valence-corrected chi connectivity index (χ0v) is 16.6. The molecule has 0 saturated carbocycles. The summed E-state index contributed by atoms with van der Waals surface area (Å²) in [6.07, 6.45) is 4.53. The molecule has 3 heterocycles. The normalized spacial score (nSPS) is 27.0. The molecule has 2 saturated heterocycles. The monoisotopic (exact) mass is 377 g/mol. The van der Waals surface area contributed by atoms with E-state index in [-0.39, 0.29) is 11.8 Å². The number of aliphatic hydroxyl groups is 1. The van der Waals surface area contributed by atoms with E-state index >= 15 is 0 Å². The highest BCUT2D eigenvalue weighted by Gasteiger charge is 2.39. The maximum Gasteiger partial charge on any atom is 0.274 e. The molecule has 2 atom stereocenters. The van der Waals surface area contributed by atoms with Gasteiger partial charge in [-0.1, -0.05) is 6.92 Å². The molecule has 0 aromatic carbocycles. The summed E-state index contributed by atoms with van der Waals surface area (Å²) in [5, 5.41) is 10.9. The molecule has 2 fully saturated rings. The molecule has 150 valence electrons. The average molecular weight is 377 g/mol. The number of hydrogen-bond acceptors (Lipinski definition) is 7. The summed E-state index contributed by atoms with van der Waals surface area (Å²) in [6.45, 7) is 7.16. The molecular weight excluding hydrogens is 346 g/mol. The molecule has 1 aromatic rings. The van der Waals surface area contributed by atoms with E-state index < -0.39 is 5.60 Å². The minimum Gasteiger partial charge on any atom is -0.389 e. The van der Waals surface area contributed by atoms with Crippen molar-refractivity contribution in [1.29, 1.82) is 0 Å². The first kappa shape index (κ1) is 20.0. The average Bonchev–Trinajstić information content (AvgIpc) is 2.69. The van der Waals surface area contributed by atoms with Gasteiger partial charge in [0.15, 0.2) is 0 Å². The van der Waals surface area contributed by atoms with Crippen LogP contribution in [0.4, 0.5) is 5.82 Å². The highest BCUT2D eigenvalue weighted by atomic mass is 16.5. The Balaban J connectivity index is 1.66. The molecule has 27 heavy (non-hydrogen) atoms. The first-order valence-corrected chi connectivity index (χ1v) is 9.69. The van der Waals surface area contributed by atoms with E-state index in [0.717, 1.165) is 13.1 Å². The maximum absolute atomic E-state index is 12.8. The fourth-order valence-corrected chi connectivity index (χ4v) is 3.81. The van der Waals surface area contributed by atoms with Crippen molar-refractivity contribution in [3.05, 3.63) is 18.1 Å². The largest absolute Gasteiger partial charge is 0.389 e. The smallest absolute Gasteiger partial charge is 0.274 e. The van der Waals surface area contributed by atoms with Crippen LogP contribution >= 0.6 is 0 Å². The quantitative estimate of drug-likeness (QED) is 0.799. The molecule has 0 unspecified atom stereocenters. The number of carbonyl (C=O) groups is 1. The lowest BCUT2D eigenvalue weighted by Crippen LogP contribution is -2.51. The van der Waals surface area contributed by atoms with Gasteiger partial charge in [-0.15, -0.1) is 0 Å². The molecule has 0 spiro atoms. The summed E-state index contributed by atoms with van der Waals surface area (Å²) in [5.41, 5.74) is -0.322. The molecule has 0 aliphatic carbocycles. The predicted molar refractivity (Wildman–Crippen MR) is 103 cm³/mol. The third-order valence-corrected chi connectivity index (χ3v) is 5.92. The third-order valence-electron chi connectivity index (χ3n) is 5.92. The van der Waals surface area contributed by atoms with Crippen molar-refractivity contribution in [3.8, 4) is 0 Å². The molecule has 8 nitrogen and oxygen atoms in total. The standard InChI is InChI=1S/C19H31N5O3/c1-15-14-24(6-4-19(15,26)5-11-27-3)17-13-20-12-16(21-17)18(25)23-9-7-22(2)8-10-23/h12-13,15,26H,4-11,14H2,1-3H3/t15-,19-/m1/s1. The Morgan fingerprint density at radius 2 is 2.04 bits per heavy atom. The summed E-state index contributed by atoms with van der Waals surface area (Å²) in [5.74, 6) is 0.731. The van der Waals surface area contributed by atoms with Crippen LogP contribution in [0, 0.1) is 5.92 Å². The van der Waals surface area contributed by atoms with Crippen molar-refractivity contribution in [3.63, 3.8) is 0 Å². The molecule has 2 aliphatic rings. The Morgan fingerprint density at radius 3 is 2.70 bits per heavy atom.